The minimum Gasteiger partial charge on any atom is -0.388 e. The van der Waals surface area contributed by atoms with Crippen molar-refractivity contribution >= 4 is 16.2 Å². The third-order valence-electron chi connectivity index (χ3n) is 2.69. The highest BCUT2D eigenvalue weighted by atomic mass is 32.3. The molecule has 10 nitrogen and oxygen atoms in total. The minimum atomic E-state index is -4.58. The third-order valence-corrected chi connectivity index (χ3v) is 3.13. The highest BCUT2D eigenvalue weighted by molar-refractivity contribution is 7.80. The van der Waals surface area contributed by atoms with Gasteiger partial charge in [-0.2, -0.15) is 13.4 Å². The molecule has 112 valence electrons. The van der Waals surface area contributed by atoms with Gasteiger partial charge in [-0.1, -0.05) is 0 Å². The molecule has 1 fully saturated rings. The van der Waals surface area contributed by atoms with Gasteiger partial charge in [0, 0.05) is 12.6 Å². The number of nitrogen functional groups attached to an aromatic ring is 1. The van der Waals surface area contributed by atoms with Gasteiger partial charge in [0.15, 0.2) is 6.23 Å². The van der Waals surface area contributed by atoms with Crippen molar-refractivity contribution in [3.8, 4) is 0 Å². The Morgan fingerprint density at radius 1 is 1.60 bits per heavy atom. The molecule has 2 rings (SSSR count). The molecule has 1 aromatic heterocycles. The predicted molar refractivity (Wildman–Crippen MR) is 64.9 cm³/mol. The summed E-state index contributed by atoms with van der Waals surface area (Å²) in [5, 5.41) is 9.82. The number of nitrogens with zero attached hydrogens (tertiary/aromatic N) is 2. The molecule has 0 spiro atoms. The van der Waals surface area contributed by atoms with Crippen molar-refractivity contribution in [2.75, 3.05) is 12.3 Å². The fourth-order valence-corrected chi connectivity index (χ4v) is 2.19. The topological polar surface area (TPSA) is 154 Å². The molecule has 0 aliphatic carbocycles. The van der Waals surface area contributed by atoms with Crippen LogP contribution < -0.4 is 11.4 Å². The second kappa shape index (κ2) is 5.46. The van der Waals surface area contributed by atoms with Crippen LogP contribution in [0.3, 0.4) is 0 Å². The first-order valence-corrected chi connectivity index (χ1v) is 6.93. The van der Waals surface area contributed by atoms with Gasteiger partial charge >= 0.3 is 16.1 Å². The molecule has 0 bridgehead atoms. The summed E-state index contributed by atoms with van der Waals surface area (Å²) in [6.07, 6.45) is -1.51. The number of anilines is 1. The first-order valence-electron chi connectivity index (χ1n) is 5.56. The fraction of sp³-hybridized carbons (Fsp3) is 0.556. The predicted octanol–water partition coefficient (Wildman–Crippen LogP) is -1.71. The summed E-state index contributed by atoms with van der Waals surface area (Å²) in [5.41, 5.74) is 4.64. The zero-order valence-corrected chi connectivity index (χ0v) is 10.9. The second-order valence-electron chi connectivity index (χ2n) is 4.21. The van der Waals surface area contributed by atoms with Crippen molar-refractivity contribution in [3.63, 3.8) is 0 Å². The Hall–Kier alpha value is -1.53. The summed E-state index contributed by atoms with van der Waals surface area (Å²) in [4.78, 5) is 15.1. The van der Waals surface area contributed by atoms with Gasteiger partial charge in [0.2, 0.25) is 0 Å². The SMILES string of the molecule is Nc1ccn([C@@H]2O[C@H](COS(=O)(=O)O)C[C@H]2O)c(=O)n1. The Labute approximate surface area is 113 Å². The molecule has 2 heterocycles. The molecule has 11 heteroatoms. The Kier molecular flexibility index (Phi) is 4.06. The molecule has 0 aromatic carbocycles. The van der Waals surface area contributed by atoms with Gasteiger partial charge in [-0.25, -0.2) is 8.98 Å². The van der Waals surface area contributed by atoms with Crippen LogP contribution in [0, 0.1) is 0 Å². The van der Waals surface area contributed by atoms with Crippen LogP contribution >= 0.6 is 0 Å². The maximum Gasteiger partial charge on any atom is 0.397 e. The van der Waals surface area contributed by atoms with E-state index < -0.39 is 41.1 Å². The molecule has 0 saturated carbocycles. The number of aliphatic hydroxyl groups is 1. The number of aliphatic hydroxyl groups excluding tert-OH is 1. The largest absolute Gasteiger partial charge is 0.397 e. The molecule has 1 aliphatic heterocycles. The maximum atomic E-state index is 11.6. The van der Waals surface area contributed by atoms with Gasteiger partial charge in [-0.15, -0.1) is 0 Å². The number of hydrogen-bond donors (Lipinski definition) is 3. The van der Waals surface area contributed by atoms with E-state index in [2.05, 4.69) is 9.17 Å². The Morgan fingerprint density at radius 3 is 2.90 bits per heavy atom. The smallest absolute Gasteiger partial charge is 0.388 e. The number of rotatable bonds is 4. The van der Waals surface area contributed by atoms with E-state index in [9.17, 15) is 18.3 Å². The Bertz CT molecular complexity index is 643. The highest BCUT2D eigenvalue weighted by Gasteiger charge is 2.36. The number of ether oxygens (including phenoxy) is 1. The maximum absolute atomic E-state index is 11.6. The van der Waals surface area contributed by atoms with Crippen LogP contribution in [0.2, 0.25) is 0 Å². The van der Waals surface area contributed by atoms with Crippen LogP contribution in [0.25, 0.3) is 0 Å². The van der Waals surface area contributed by atoms with E-state index in [1.807, 2.05) is 0 Å². The summed E-state index contributed by atoms with van der Waals surface area (Å²) >= 11 is 0. The molecule has 3 atom stereocenters. The lowest BCUT2D eigenvalue weighted by molar-refractivity contribution is -0.0504. The van der Waals surface area contributed by atoms with E-state index in [-0.39, 0.29) is 12.2 Å². The lowest BCUT2D eigenvalue weighted by Crippen LogP contribution is -2.31. The quantitative estimate of drug-likeness (QED) is 0.551. The second-order valence-corrected chi connectivity index (χ2v) is 5.30. The monoisotopic (exact) mass is 307 g/mol. The van der Waals surface area contributed by atoms with E-state index in [0.717, 1.165) is 4.57 Å². The molecule has 1 saturated heterocycles. The standard InChI is InChI=1S/C9H13N3O7S/c10-7-1-2-12(9(14)11-7)8-6(13)3-5(19-8)4-18-20(15,16)17/h1-2,5-6,8,13H,3-4H2,(H2,10,11,14)(H,15,16,17)/t5-,6+,8+/m0/s1. The summed E-state index contributed by atoms with van der Waals surface area (Å²) < 4.78 is 39.9. The van der Waals surface area contributed by atoms with Crippen LogP contribution in [0.4, 0.5) is 5.82 Å². The fourth-order valence-electron chi connectivity index (χ4n) is 1.87. The van der Waals surface area contributed by atoms with Crippen molar-refractivity contribution in [3.05, 3.63) is 22.7 Å². The van der Waals surface area contributed by atoms with Crippen molar-refractivity contribution in [1.82, 2.24) is 9.55 Å². The van der Waals surface area contributed by atoms with E-state index >= 15 is 0 Å². The number of hydrogen-bond acceptors (Lipinski definition) is 8. The van der Waals surface area contributed by atoms with Crippen LogP contribution in [0.1, 0.15) is 12.6 Å². The van der Waals surface area contributed by atoms with Crippen molar-refractivity contribution in [2.45, 2.75) is 24.9 Å². The van der Waals surface area contributed by atoms with Crippen molar-refractivity contribution in [2.24, 2.45) is 0 Å². The van der Waals surface area contributed by atoms with Crippen LogP contribution in [-0.4, -0.2) is 46.4 Å². The van der Waals surface area contributed by atoms with Gasteiger partial charge in [0.1, 0.15) is 11.9 Å². The van der Waals surface area contributed by atoms with E-state index in [1.54, 1.807) is 0 Å². The summed E-state index contributed by atoms with van der Waals surface area (Å²) in [6, 6.07) is 1.36. The van der Waals surface area contributed by atoms with Crippen LogP contribution in [0.15, 0.2) is 17.1 Å². The summed E-state index contributed by atoms with van der Waals surface area (Å²) in [7, 11) is -4.58. The highest BCUT2D eigenvalue weighted by Crippen LogP contribution is 2.28. The average molecular weight is 307 g/mol. The van der Waals surface area contributed by atoms with Gasteiger partial charge in [-0.3, -0.25) is 9.12 Å². The van der Waals surface area contributed by atoms with E-state index in [0.29, 0.717) is 0 Å². The van der Waals surface area contributed by atoms with Gasteiger partial charge in [0.25, 0.3) is 0 Å². The van der Waals surface area contributed by atoms with Crippen molar-refractivity contribution < 1.29 is 27.0 Å². The molecule has 20 heavy (non-hydrogen) atoms. The van der Waals surface area contributed by atoms with Crippen molar-refractivity contribution in [1.29, 1.82) is 0 Å². The number of aromatic nitrogens is 2. The zero-order chi connectivity index (χ0) is 14.9. The lowest BCUT2D eigenvalue weighted by Gasteiger charge is -2.17. The molecule has 0 amide bonds. The average Bonchev–Trinajstić information content (AvgIpc) is 2.67. The molecule has 0 radical (unpaired) electrons. The molecule has 0 unspecified atom stereocenters. The normalized spacial score (nSPS) is 26.8. The van der Waals surface area contributed by atoms with Gasteiger partial charge in [-0.05, 0) is 6.07 Å². The minimum absolute atomic E-state index is 0.0324. The molecular weight excluding hydrogens is 294 g/mol. The number of nitrogens with two attached hydrogens (primary N) is 1. The molecule has 4 N–H and O–H groups in total. The van der Waals surface area contributed by atoms with Crippen LogP contribution in [0.5, 0.6) is 0 Å². The summed E-state index contributed by atoms with van der Waals surface area (Å²) in [5.74, 6) is 0.0324. The Morgan fingerprint density at radius 2 is 2.30 bits per heavy atom. The molecular formula is C9H13N3O7S. The first-order chi connectivity index (χ1) is 9.26. The Balaban J connectivity index is 2.09. The third kappa shape index (κ3) is 3.52. The van der Waals surface area contributed by atoms with E-state index in [1.165, 1.54) is 12.3 Å². The van der Waals surface area contributed by atoms with E-state index in [4.69, 9.17) is 15.0 Å². The van der Waals surface area contributed by atoms with Gasteiger partial charge < -0.3 is 15.6 Å². The van der Waals surface area contributed by atoms with Crippen LogP contribution in [-0.2, 0) is 19.3 Å². The van der Waals surface area contributed by atoms with Gasteiger partial charge in [0.05, 0.1) is 12.7 Å². The zero-order valence-electron chi connectivity index (χ0n) is 10.1. The molecule has 1 aliphatic rings. The first kappa shape index (κ1) is 14.9. The molecule has 1 aromatic rings. The summed E-state index contributed by atoms with van der Waals surface area (Å²) in [6.45, 7) is -0.469. The lowest BCUT2D eigenvalue weighted by atomic mass is 10.2.